The van der Waals surface area contributed by atoms with Gasteiger partial charge in [-0.15, -0.1) is 0 Å². The highest BCUT2D eigenvalue weighted by atomic mass is 19.3. The molecule has 1 aliphatic heterocycles. The Balaban J connectivity index is 2.52. The third-order valence-corrected chi connectivity index (χ3v) is 2.75. The number of hydrogen-bond acceptors (Lipinski definition) is 1. The van der Waals surface area contributed by atoms with Crippen LogP contribution in [0.25, 0.3) is 0 Å². The van der Waals surface area contributed by atoms with Gasteiger partial charge in [-0.2, -0.15) is 0 Å². The summed E-state index contributed by atoms with van der Waals surface area (Å²) >= 11 is 0. The number of alkyl halides is 2. The zero-order chi connectivity index (χ0) is 12.4. The van der Waals surface area contributed by atoms with Gasteiger partial charge in [-0.25, -0.2) is 8.78 Å². The molecule has 0 unspecified atom stereocenters. The Morgan fingerprint density at radius 2 is 1.88 bits per heavy atom. The molecular formula is C12H21F2NO. The number of amides is 1. The van der Waals surface area contributed by atoms with Crippen LogP contribution in [0, 0.1) is 5.41 Å². The van der Waals surface area contributed by atoms with Crippen LogP contribution in [0.5, 0.6) is 0 Å². The lowest BCUT2D eigenvalue weighted by Gasteiger charge is -2.25. The predicted octanol–water partition coefficient (Wildman–Crippen LogP) is 3.07. The van der Waals surface area contributed by atoms with Gasteiger partial charge in [0.25, 0.3) is 0 Å². The molecule has 1 aliphatic rings. The molecule has 2 nitrogen and oxygen atoms in total. The molecule has 0 radical (unpaired) electrons. The van der Waals surface area contributed by atoms with Gasteiger partial charge in [0.05, 0.1) is 0 Å². The Morgan fingerprint density at radius 3 is 2.44 bits per heavy atom. The average Bonchev–Trinajstić information content (AvgIpc) is 2.23. The molecule has 1 amide bonds. The van der Waals surface area contributed by atoms with Crippen LogP contribution >= 0.6 is 0 Å². The molecular weight excluding hydrogens is 212 g/mol. The van der Waals surface area contributed by atoms with Gasteiger partial charge in [0, 0.05) is 32.4 Å². The first-order chi connectivity index (χ1) is 7.20. The standard InChI is InChI=1S/C12H21F2NO/c1-11(2,3)9-10(16)15-7-4-5-12(13,14)6-8-15/h4-9H2,1-3H3. The van der Waals surface area contributed by atoms with Crippen molar-refractivity contribution in [3.05, 3.63) is 0 Å². The van der Waals surface area contributed by atoms with Crippen molar-refractivity contribution in [1.82, 2.24) is 4.90 Å². The lowest BCUT2D eigenvalue weighted by Crippen LogP contribution is -2.34. The summed E-state index contributed by atoms with van der Waals surface area (Å²) in [5.41, 5.74) is -0.0775. The van der Waals surface area contributed by atoms with E-state index in [0.717, 1.165) is 0 Å². The Kier molecular flexibility index (Phi) is 3.92. The molecule has 0 N–H and O–H groups in total. The van der Waals surface area contributed by atoms with Crippen molar-refractivity contribution in [2.24, 2.45) is 5.41 Å². The summed E-state index contributed by atoms with van der Waals surface area (Å²) in [6, 6.07) is 0. The van der Waals surface area contributed by atoms with Gasteiger partial charge < -0.3 is 4.90 Å². The first kappa shape index (κ1) is 13.4. The second-order valence-corrected chi connectivity index (χ2v) is 5.83. The Bertz CT molecular complexity index is 258. The van der Waals surface area contributed by atoms with Crippen LogP contribution in [0.2, 0.25) is 0 Å². The minimum atomic E-state index is -2.59. The number of halogens is 2. The average molecular weight is 233 g/mol. The van der Waals surface area contributed by atoms with Crippen LogP contribution in [-0.2, 0) is 4.79 Å². The van der Waals surface area contributed by atoms with Crippen molar-refractivity contribution in [3.8, 4) is 0 Å². The molecule has 0 spiro atoms. The molecule has 0 aromatic rings. The fraction of sp³-hybridized carbons (Fsp3) is 0.917. The van der Waals surface area contributed by atoms with Crippen LogP contribution < -0.4 is 0 Å². The van der Waals surface area contributed by atoms with Crippen molar-refractivity contribution < 1.29 is 13.6 Å². The first-order valence-electron chi connectivity index (χ1n) is 5.85. The van der Waals surface area contributed by atoms with Crippen molar-refractivity contribution in [2.75, 3.05) is 13.1 Å². The summed E-state index contributed by atoms with van der Waals surface area (Å²) in [6.45, 7) is 6.62. The van der Waals surface area contributed by atoms with Crippen molar-refractivity contribution in [2.45, 2.75) is 52.4 Å². The number of rotatable bonds is 1. The van der Waals surface area contributed by atoms with E-state index in [1.807, 2.05) is 20.8 Å². The fourth-order valence-electron chi connectivity index (χ4n) is 1.88. The van der Waals surface area contributed by atoms with E-state index in [4.69, 9.17) is 0 Å². The normalized spacial score (nSPS) is 21.7. The zero-order valence-corrected chi connectivity index (χ0v) is 10.4. The molecule has 0 atom stereocenters. The van der Waals surface area contributed by atoms with Gasteiger partial charge in [-0.05, 0) is 11.8 Å². The van der Waals surface area contributed by atoms with E-state index in [2.05, 4.69) is 0 Å². The Morgan fingerprint density at radius 1 is 1.25 bits per heavy atom. The lowest BCUT2D eigenvalue weighted by atomic mass is 9.91. The highest BCUT2D eigenvalue weighted by molar-refractivity contribution is 5.76. The van der Waals surface area contributed by atoms with E-state index in [1.54, 1.807) is 4.90 Å². The fourth-order valence-corrected chi connectivity index (χ4v) is 1.88. The number of hydrogen-bond donors (Lipinski definition) is 0. The SMILES string of the molecule is CC(C)(C)CC(=O)N1CCCC(F)(F)CC1. The molecule has 0 bridgehead atoms. The summed E-state index contributed by atoms with van der Waals surface area (Å²) in [7, 11) is 0. The minimum absolute atomic E-state index is 0.00481. The highest BCUT2D eigenvalue weighted by Crippen LogP contribution is 2.29. The largest absolute Gasteiger partial charge is 0.342 e. The van der Waals surface area contributed by atoms with Gasteiger partial charge >= 0.3 is 0 Å². The van der Waals surface area contributed by atoms with E-state index in [-0.39, 0.29) is 30.7 Å². The van der Waals surface area contributed by atoms with Crippen molar-refractivity contribution >= 4 is 5.91 Å². The third-order valence-electron chi connectivity index (χ3n) is 2.75. The second kappa shape index (κ2) is 4.68. The summed E-state index contributed by atoms with van der Waals surface area (Å²) in [5.74, 6) is -2.58. The maximum absolute atomic E-state index is 13.1. The summed E-state index contributed by atoms with van der Waals surface area (Å²) < 4.78 is 26.2. The van der Waals surface area contributed by atoms with E-state index in [9.17, 15) is 13.6 Å². The van der Waals surface area contributed by atoms with Crippen LogP contribution in [0.1, 0.15) is 46.5 Å². The molecule has 1 heterocycles. The van der Waals surface area contributed by atoms with Gasteiger partial charge in [-0.1, -0.05) is 20.8 Å². The summed E-state index contributed by atoms with van der Waals surface area (Å²) in [5, 5.41) is 0. The molecule has 4 heteroatoms. The van der Waals surface area contributed by atoms with Gasteiger partial charge in [0.2, 0.25) is 11.8 Å². The van der Waals surface area contributed by atoms with Crippen LogP contribution in [0.15, 0.2) is 0 Å². The summed E-state index contributed by atoms with van der Waals surface area (Å²) in [4.78, 5) is 13.4. The minimum Gasteiger partial charge on any atom is -0.342 e. The van der Waals surface area contributed by atoms with Crippen LogP contribution in [0.3, 0.4) is 0 Å². The smallest absolute Gasteiger partial charge is 0.249 e. The third kappa shape index (κ3) is 4.45. The number of likely N-dealkylation sites (tertiary alicyclic amines) is 1. The summed E-state index contributed by atoms with van der Waals surface area (Å²) in [6.07, 6.45) is 0.552. The molecule has 0 aliphatic carbocycles. The molecule has 16 heavy (non-hydrogen) atoms. The van der Waals surface area contributed by atoms with E-state index < -0.39 is 5.92 Å². The van der Waals surface area contributed by atoms with Crippen molar-refractivity contribution in [3.63, 3.8) is 0 Å². The Labute approximate surface area is 96.0 Å². The molecule has 0 aromatic carbocycles. The van der Waals surface area contributed by atoms with Crippen LogP contribution in [0.4, 0.5) is 8.78 Å². The number of carbonyl (C=O) groups is 1. The Hall–Kier alpha value is -0.670. The maximum atomic E-state index is 13.1. The lowest BCUT2D eigenvalue weighted by molar-refractivity contribution is -0.133. The molecule has 94 valence electrons. The number of carbonyl (C=O) groups excluding carboxylic acids is 1. The molecule has 0 saturated carbocycles. The van der Waals surface area contributed by atoms with E-state index >= 15 is 0 Å². The van der Waals surface area contributed by atoms with E-state index in [0.29, 0.717) is 19.4 Å². The monoisotopic (exact) mass is 233 g/mol. The first-order valence-corrected chi connectivity index (χ1v) is 5.85. The zero-order valence-electron chi connectivity index (χ0n) is 10.4. The molecule has 1 fully saturated rings. The quantitative estimate of drug-likeness (QED) is 0.681. The number of nitrogens with zero attached hydrogens (tertiary/aromatic N) is 1. The van der Waals surface area contributed by atoms with Gasteiger partial charge in [0.15, 0.2) is 0 Å². The van der Waals surface area contributed by atoms with E-state index in [1.165, 1.54) is 0 Å². The van der Waals surface area contributed by atoms with Crippen LogP contribution in [-0.4, -0.2) is 29.8 Å². The maximum Gasteiger partial charge on any atom is 0.249 e. The van der Waals surface area contributed by atoms with Crippen molar-refractivity contribution in [1.29, 1.82) is 0 Å². The predicted molar refractivity (Wildman–Crippen MR) is 59.5 cm³/mol. The highest BCUT2D eigenvalue weighted by Gasteiger charge is 2.33. The topological polar surface area (TPSA) is 20.3 Å². The molecule has 1 rings (SSSR count). The second-order valence-electron chi connectivity index (χ2n) is 5.83. The van der Waals surface area contributed by atoms with Gasteiger partial charge in [0.1, 0.15) is 0 Å². The molecule has 1 saturated heterocycles. The molecule has 0 aromatic heterocycles. The van der Waals surface area contributed by atoms with Gasteiger partial charge in [-0.3, -0.25) is 4.79 Å².